The summed E-state index contributed by atoms with van der Waals surface area (Å²) in [7, 11) is 0. The van der Waals surface area contributed by atoms with Gasteiger partial charge in [0.2, 0.25) is 0 Å². The summed E-state index contributed by atoms with van der Waals surface area (Å²) in [4.78, 5) is 0. The Kier molecular flexibility index (Phi) is 4.99. The van der Waals surface area contributed by atoms with Crippen molar-refractivity contribution in [1.82, 2.24) is 0 Å². The number of benzene rings is 1. The van der Waals surface area contributed by atoms with Gasteiger partial charge in [-0.05, 0) is 48.8 Å². The zero-order chi connectivity index (χ0) is 12.1. The molecule has 1 saturated carbocycles. The Balaban J connectivity index is 1.76. The predicted octanol–water partition coefficient (Wildman–Crippen LogP) is 3.81. The molecule has 2 rings (SSSR count). The van der Waals surface area contributed by atoms with E-state index in [1.54, 1.807) is 12.1 Å². The van der Waals surface area contributed by atoms with Crippen LogP contribution >= 0.6 is 15.9 Å². The Labute approximate surface area is 110 Å². The lowest BCUT2D eigenvalue weighted by molar-refractivity contribution is 0.0979. The van der Waals surface area contributed by atoms with Crippen LogP contribution in [-0.2, 0) is 11.2 Å². The minimum Gasteiger partial charge on any atom is -0.381 e. The van der Waals surface area contributed by atoms with Gasteiger partial charge in [0.15, 0.2) is 0 Å². The Morgan fingerprint density at radius 2 is 2.24 bits per heavy atom. The molecule has 94 valence electrons. The maximum atomic E-state index is 13.0. The summed E-state index contributed by atoms with van der Waals surface area (Å²) in [6.45, 7) is 1.66. The van der Waals surface area contributed by atoms with E-state index >= 15 is 0 Å². The summed E-state index contributed by atoms with van der Waals surface area (Å²) >= 11 is 3.50. The van der Waals surface area contributed by atoms with Gasteiger partial charge in [-0.3, -0.25) is 0 Å². The molecule has 1 aliphatic carbocycles. The molecule has 0 aromatic heterocycles. The van der Waals surface area contributed by atoms with Gasteiger partial charge in [0.1, 0.15) is 5.82 Å². The number of ether oxygens (including phenoxy) is 1. The summed E-state index contributed by atoms with van der Waals surface area (Å²) in [6, 6.07) is 6.83. The fourth-order valence-electron chi connectivity index (χ4n) is 1.84. The zero-order valence-corrected chi connectivity index (χ0v) is 11.5. The van der Waals surface area contributed by atoms with E-state index in [0.29, 0.717) is 5.92 Å². The SMILES string of the molecule is Fc1cccc(CC(CBr)COCC2CC2)c1. The van der Waals surface area contributed by atoms with Gasteiger partial charge in [0, 0.05) is 11.9 Å². The molecule has 1 unspecified atom stereocenters. The highest BCUT2D eigenvalue weighted by Gasteiger charge is 2.21. The van der Waals surface area contributed by atoms with Crippen molar-refractivity contribution in [1.29, 1.82) is 0 Å². The minimum absolute atomic E-state index is 0.158. The van der Waals surface area contributed by atoms with Gasteiger partial charge in [-0.1, -0.05) is 28.1 Å². The standard InChI is InChI=1S/C14H18BrFO/c15-8-13(10-17-9-11-4-5-11)6-12-2-1-3-14(16)7-12/h1-3,7,11,13H,4-6,8-10H2. The Bertz CT molecular complexity index is 352. The highest BCUT2D eigenvalue weighted by Crippen LogP contribution is 2.29. The molecule has 0 N–H and O–H groups in total. The quantitative estimate of drug-likeness (QED) is 0.696. The van der Waals surface area contributed by atoms with Crippen LogP contribution < -0.4 is 0 Å². The van der Waals surface area contributed by atoms with Gasteiger partial charge in [0.05, 0.1) is 6.61 Å². The second kappa shape index (κ2) is 6.50. The third-order valence-electron chi connectivity index (χ3n) is 3.04. The average Bonchev–Trinajstić information content (AvgIpc) is 3.12. The first kappa shape index (κ1) is 13.0. The van der Waals surface area contributed by atoms with Gasteiger partial charge in [-0.15, -0.1) is 0 Å². The van der Waals surface area contributed by atoms with Gasteiger partial charge in [-0.25, -0.2) is 4.39 Å². The van der Waals surface area contributed by atoms with E-state index in [4.69, 9.17) is 4.74 Å². The summed E-state index contributed by atoms with van der Waals surface area (Å²) < 4.78 is 18.7. The van der Waals surface area contributed by atoms with Crippen molar-refractivity contribution in [2.45, 2.75) is 19.3 Å². The van der Waals surface area contributed by atoms with Crippen LogP contribution in [0.3, 0.4) is 0 Å². The first-order valence-corrected chi connectivity index (χ1v) is 7.28. The molecular formula is C14H18BrFO. The van der Waals surface area contributed by atoms with Gasteiger partial charge in [0.25, 0.3) is 0 Å². The Hall–Kier alpha value is -0.410. The molecule has 1 nitrogen and oxygen atoms in total. The summed E-state index contributed by atoms with van der Waals surface area (Å²) in [6.07, 6.45) is 3.51. The lowest BCUT2D eigenvalue weighted by Gasteiger charge is -2.14. The summed E-state index contributed by atoms with van der Waals surface area (Å²) in [5, 5.41) is 0.897. The normalized spacial score (nSPS) is 17.1. The summed E-state index contributed by atoms with van der Waals surface area (Å²) in [5.41, 5.74) is 1.05. The second-order valence-corrected chi connectivity index (χ2v) is 5.48. The maximum Gasteiger partial charge on any atom is 0.123 e. The minimum atomic E-state index is -0.158. The van der Waals surface area contributed by atoms with E-state index in [2.05, 4.69) is 15.9 Å². The molecule has 1 aromatic rings. The third kappa shape index (κ3) is 4.76. The predicted molar refractivity (Wildman–Crippen MR) is 70.9 cm³/mol. The van der Waals surface area contributed by atoms with E-state index < -0.39 is 0 Å². The van der Waals surface area contributed by atoms with Gasteiger partial charge < -0.3 is 4.74 Å². The molecule has 0 amide bonds. The van der Waals surface area contributed by atoms with Crippen LogP contribution in [0.2, 0.25) is 0 Å². The number of hydrogen-bond acceptors (Lipinski definition) is 1. The van der Waals surface area contributed by atoms with Crippen LogP contribution in [0, 0.1) is 17.7 Å². The molecule has 0 saturated heterocycles. The molecule has 0 radical (unpaired) electrons. The molecule has 3 heteroatoms. The van der Waals surface area contributed by atoms with Crippen LogP contribution in [-0.4, -0.2) is 18.5 Å². The molecule has 1 atom stereocenters. The smallest absolute Gasteiger partial charge is 0.123 e. The van der Waals surface area contributed by atoms with Crippen molar-refractivity contribution < 1.29 is 9.13 Å². The van der Waals surface area contributed by atoms with Crippen LogP contribution in [0.4, 0.5) is 4.39 Å². The van der Waals surface area contributed by atoms with Crippen LogP contribution in [0.1, 0.15) is 18.4 Å². The topological polar surface area (TPSA) is 9.23 Å². The molecule has 0 aliphatic heterocycles. The second-order valence-electron chi connectivity index (χ2n) is 4.84. The number of alkyl halides is 1. The van der Waals surface area contributed by atoms with Gasteiger partial charge in [-0.2, -0.15) is 0 Å². The van der Waals surface area contributed by atoms with Gasteiger partial charge >= 0.3 is 0 Å². The van der Waals surface area contributed by atoms with E-state index in [1.165, 1.54) is 18.9 Å². The molecule has 1 aromatic carbocycles. The lowest BCUT2D eigenvalue weighted by Crippen LogP contribution is -2.15. The monoisotopic (exact) mass is 300 g/mol. The number of hydrogen-bond donors (Lipinski definition) is 0. The van der Waals surface area contributed by atoms with E-state index in [0.717, 1.165) is 36.4 Å². The molecule has 1 fully saturated rings. The average molecular weight is 301 g/mol. The van der Waals surface area contributed by atoms with Crippen molar-refractivity contribution in [3.63, 3.8) is 0 Å². The highest BCUT2D eigenvalue weighted by molar-refractivity contribution is 9.09. The van der Waals surface area contributed by atoms with E-state index in [1.807, 2.05) is 6.07 Å². The number of rotatable bonds is 7. The molecule has 0 heterocycles. The third-order valence-corrected chi connectivity index (χ3v) is 3.95. The van der Waals surface area contributed by atoms with Crippen molar-refractivity contribution in [2.24, 2.45) is 11.8 Å². The zero-order valence-electron chi connectivity index (χ0n) is 9.87. The Morgan fingerprint density at radius 3 is 2.88 bits per heavy atom. The Morgan fingerprint density at radius 1 is 1.41 bits per heavy atom. The summed E-state index contributed by atoms with van der Waals surface area (Å²) in [5.74, 6) is 1.07. The fraction of sp³-hybridized carbons (Fsp3) is 0.571. The largest absolute Gasteiger partial charge is 0.381 e. The molecule has 0 spiro atoms. The van der Waals surface area contributed by atoms with Crippen molar-refractivity contribution >= 4 is 15.9 Å². The van der Waals surface area contributed by atoms with Crippen LogP contribution in [0.15, 0.2) is 24.3 Å². The van der Waals surface area contributed by atoms with E-state index in [-0.39, 0.29) is 5.82 Å². The number of halogens is 2. The van der Waals surface area contributed by atoms with Crippen molar-refractivity contribution in [2.75, 3.05) is 18.5 Å². The first-order chi connectivity index (χ1) is 8.28. The van der Waals surface area contributed by atoms with E-state index in [9.17, 15) is 4.39 Å². The lowest BCUT2D eigenvalue weighted by atomic mass is 10.0. The molecule has 1 aliphatic rings. The molecular weight excluding hydrogens is 283 g/mol. The van der Waals surface area contributed by atoms with Crippen molar-refractivity contribution in [3.05, 3.63) is 35.6 Å². The van der Waals surface area contributed by atoms with Crippen LogP contribution in [0.25, 0.3) is 0 Å². The highest BCUT2D eigenvalue weighted by atomic mass is 79.9. The first-order valence-electron chi connectivity index (χ1n) is 6.16. The molecule has 17 heavy (non-hydrogen) atoms. The molecule has 0 bridgehead atoms. The maximum absolute atomic E-state index is 13.0. The van der Waals surface area contributed by atoms with Crippen molar-refractivity contribution in [3.8, 4) is 0 Å². The fourth-order valence-corrected chi connectivity index (χ4v) is 2.26. The van der Waals surface area contributed by atoms with Crippen LogP contribution in [0.5, 0.6) is 0 Å².